The van der Waals surface area contributed by atoms with Gasteiger partial charge < -0.3 is 10.2 Å². The molecule has 1 aromatic rings. The van der Waals surface area contributed by atoms with E-state index in [2.05, 4.69) is 9.80 Å². The van der Waals surface area contributed by atoms with E-state index in [0.717, 1.165) is 26.2 Å². The molecule has 1 aliphatic rings. The lowest BCUT2D eigenvalue weighted by molar-refractivity contribution is 0.00697. The van der Waals surface area contributed by atoms with Crippen molar-refractivity contribution >= 4 is 0 Å². The molecule has 0 saturated carbocycles. The van der Waals surface area contributed by atoms with Crippen molar-refractivity contribution in [2.45, 2.75) is 33.0 Å². The fourth-order valence-corrected chi connectivity index (χ4v) is 2.76. The second-order valence-electron chi connectivity index (χ2n) is 7.52. The molecule has 1 saturated heterocycles. The zero-order chi connectivity index (χ0) is 17.0. The van der Waals surface area contributed by atoms with Gasteiger partial charge in [-0.15, -0.1) is 0 Å². The molecule has 1 aromatic carbocycles. The van der Waals surface area contributed by atoms with E-state index in [1.807, 2.05) is 20.8 Å². The Hall–Kier alpha value is -1.01. The van der Waals surface area contributed by atoms with E-state index in [4.69, 9.17) is 0 Å². The van der Waals surface area contributed by atoms with Gasteiger partial charge in [-0.25, -0.2) is 4.39 Å². The number of aliphatic hydroxyl groups is 2. The molecule has 4 nitrogen and oxygen atoms in total. The van der Waals surface area contributed by atoms with Crippen LogP contribution in [0.2, 0.25) is 0 Å². The molecule has 2 N–H and O–H groups in total. The quantitative estimate of drug-likeness (QED) is 0.868. The molecule has 130 valence electrons. The van der Waals surface area contributed by atoms with Gasteiger partial charge in [0.05, 0.1) is 12.2 Å². The lowest BCUT2D eigenvalue weighted by Gasteiger charge is -2.38. The van der Waals surface area contributed by atoms with E-state index in [0.29, 0.717) is 18.7 Å². The Labute approximate surface area is 138 Å². The third kappa shape index (κ3) is 5.24. The van der Waals surface area contributed by atoms with E-state index < -0.39 is 6.10 Å². The topological polar surface area (TPSA) is 46.9 Å². The van der Waals surface area contributed by atoms with Gasteiger partial charge in [0, 0.05) is 44.8 Å². The van der Waals surface area contributed by atoms with Crippen LogP contribution < -0.4 is 0 Å². The van der Waals surface area contributed by atoms with Crippen LogP contribution in [0, 0.1) is 11.2 Å². The summed E-state index contributed by atoms with van der Waals surface area (Å²) in [4.78, 5) is 4.40. The van der Waals surface area contributed by atoms with Gasteiger partial charge in [-0.3, -0.25) is 9.80 Å². The van der Waals surface area contributed by atoms with Crippen molar-refractivity contribution in [3.05, 3.63) is 35.6 Å². The first kappa shape index (κ1) is 18.3. The molecule has 0 radical (unpaired) electrons. The molecule has 0 spiro atoms. The summed E-state index contributed by atoms with van der Waals surface area (Å²) in [5, 5.41) is 20.4. The summed E-state index contributed by atoms with van der Waals surface area (Å²) >= 11 is 0. The first-order chi connectivity index (χ1) is 10.8. The van der Waals surface area contributed by atoms with Gasteiger partial charge in [0.25, 0.3) is 0 Å². The second kappa shape index (κ2) is 7.71. The predicted molar refractivity (Wildman–Crippen MR) is 89.7 cm³/mol. The average molecular weight is 324 g/mol. The Morgan fingerprint density at radius 3 is 2.04 bits per heavy atom. The second-order valence-corrected chi connectivity index (χ2v) is 7.52. The van der Waals surface area contributed by atoms with Crippen LogP contribution in [0.5, 0.6) is 0 Å². The highest BCUT2D eigenvalue weighted by atomic mass is 19.1. The smallest absolute Gasteiger partial charge is 0.129 e. The summed E-state index contributed by atoms with van der Waals surface area (Å²) < 4.78 is 13.7. The van der Waals surface area contributed by atoms with Crippen LogP contribution in [-0.4, -0.2) is 65.4 Å². The molecule has 0 bridgehead atoms. The fraction of sp³-hybridized carbons (Fsp3) is 0.667. The molecular weight excluding hydrogens is 295 g/mol. The van der Waals surface area contributed by atoms with Crippen LogP contribution in [0.1, 0.15) is 32.4 Å². The first-order valence-electron chi connectivity index (χ1n) is 8.32. The lowest BCUT2D eigenvalue weighted by atomic mass is 9.89. The molecular formula is C18H29FN2O2. The molecule has 0 aromatic heterocycles. The number of benzene rings is 1. The molecule has 1 heterocycles. The predicted octanol–water partition coefficient (Wildman–Crippen LogP) is 1.88. The van der Waals surface area contributed by atoms with Crippen LogP contribution in [0.4, 0.5) is 4.39 Å². The monoisotopic (exact) mass is 324 g/mol. The number of piperazine rings is 1. The number of rotatable bonds is 5. The standard InChI is InChI=1S/C18H29FN2O2/c1-18(2,3)17(23)13-21-10-8-20(9-11-21)12-16(22)14-6-4-5-7-15(14)19/h4-7,16-17,22-23H,8-13H2,1-3H3. The van der Waals surface area contributed by atoms with Crippen LogP contribution in [0.25, 0.3) is 0 Å². The molecule has 0 amide bonds. The van der Waals surface area contributed by atoms with Gasteiger partial charge in [-0.05, 0) is 11.5 Å². The van der Waals surface area contributed by atoms with E-state index in [9.17, 15) is 14.6 Å². The van der Waals surface area contributed by atoms with Crippen LogP contribution in [0.15, 0.2) is 24.3 Å². The Bertz CT molecular complexity index is 496. The van der Waals surface area contributed by atoms with Crippen molar-refractivity contribution < 1.29 is 14.6 Å². The summed E-state index contributed by atoms with van der Waals surface area (Å²) in [6.07, 6.45) is -1.15. The van der Waals surface area contributed by atoms with Crippen molar-refractivity contribution in [1.29, 1.82) is 0 Å². The summed E-state index contributed by atoms with van der Waals surface area (Å²) in [6.45, 7) is 10.6. The van der Waals surface area contributed by atoms with Gasteiger partial charge in [-0.2, -0.15) is 0 Å². The Kier molecular flexibility index (Phi) is 6.14. The minimum Gasteiger partial charge on any atom is -0.391 e. The van der Waals surface area contributed by atoms with Crippen LogP contribution in [-0.2, 0) is 0 Å². The molecule has 23 heavy (non-hydrogen) atoms. The Morgan fingerprint density at radius 2 is 1.52 bits per heavy atom. The maximum absolute atomic E-state index is 13.7. The maximum Gasteiger partial charge on any atom is 0.129 e. The zero-order valence-electron chi connectivity index (χ0n) is 14.4. The molecule has 5 heteroatoms. The van der Waals surface area contributed by atoms with Gasteiger partial charge in [0.15, 0.2) is 0 Å². The SMILES string of the molecule is CC(C)(C)C(O)CN1CCN(CC(O)c2ccccc2F)CC1. The molecule has 2 unspecified atom stereocenters. The minimum atomic E-state index is -0.803. The van der Waals surface area contributed by atoms with Crippen molar-refractivity contribution in [2.75, 3.05) is 39.3 Å². The van der Waals surface area contributed by atoms with Crippen molar-refractivity contribution in [1.82, 2.24) is 9.80 Å². The van der Waals surface area contributed by atoms with Gasteiger partial charge >= 0.3 is 0 Å². The van der Waals surface area contributed by atoms with Gasteiger partial charge in [-0.1, -0.05) is 39.0 Å². The normalized spacial score (nSPS) is 20.4. The number of hydrogen-bond acceptors (Lipinski definition) is 4. The van der Waals surface area contributed by atoms with Gasteiger partial charge in [0.2, 0.25) is 0 Å². The largest absolute Gasteiger partial charge is 0.391 e. The van der Waals surface area contributed by atoms with Crippen molar-refractivity contribution in [2.24, 2.45) is 5.41 Å². The molecule has 1 aliphatic heterocycles. The molecule has 2 rings (SSSR count). The zero-order valence-corrected chi connectivity index (χ0v) is 14.4. The minimum absolute atomic E-state index is 0.113. The number of hydrogen-bond donors (Lipinski definition) is 2. The summed E-state index contributed by atoms with van der Waals surface area (Å²) in [5.41, 5.74) is 0.246. The summed E-state index contributed by atoms with van der Waals surface area (Å²) in [6, 6.07) is 6.39. The number of halogens is 1. The summed E-state index contributed by atoms with van der Waals surface area (Å²) in [5.74, 6) is -0.355. The maximum atomic E-state index is 13.7. The Morgan fingerprint density at radius 1 is 1.00 bits per heavy atom. The number of aliphatic hydroxyl groups excluding tert-OH is 2. The lowest BCUT2D eigenvalue weighted by Crippen LogP contribution is -2.50. The molecule has 1 fully saturated rings. The van der Waals surface area contributed by atoms with E-state index >= 15 is 0 Å². The molecule has 2 atom stereocenters. The van der Waals surface area contributed by atoms with E-state index in [1.54, 1.807) is 18.2 Å². The van der Waals surface area contributed by atoms with Crippen molar-refractivity contribution in [3.8, 4) is 0 Å². The highest BCUT2D eigenvalue weighted by Crippen LogP contribution is 2.21. The summed E-state index contributed by atoms with van der Waals surface area (Å²) in [7, 11) is 0. The van der Waals surface area contributed by atoms with Crippen LogP contribution >= 0.6 is 0 Å². The third-order valence-corrected chi connectivity index (χ3v) is 4.59. The van der Waals surface area contributed by atoms with Crippen LogP contribution in [0.3, 0.4) is 0 Å². The highest BCUT2D eigenvalue weighted by Gasteiger charge is 2.27. The number of nitrogens with zero attached hydrogens (tertiary/aromatic N) is 2. The van der Waals surface area contributed by atoms with E-state index in [-0.39, 0.29) is 17.3 Å². The third-order valence-electron chi connectivity index (χ3n) is 4.59. The molecule has 0 aliphatic carbocycles. The fourth-order valence-electron chi connectivity index (χ4n) is 2.76. The Balaban J connectivity index is 1.80. The van der Waals surface area contributed by atoms with Gasteiger partial charge in [0.1, 0.15) is 5.82 Å². The number of β-amino-alcohol motifs (C(OH)–C–C–N with tert-alkyl or cyclic N) is 2. The highest BCUT2D eigenvalue weighted by molar-refractivity contribution is 5.20. The first-order valence-corrected chi connectivity index (χ1v) is 8.32. The van der Waals surface area contributed by atoms with E-state index in [1.165, 1.54) is 6.07 Å². The van der Waals surface area contributed by atoms with Crippen molar-refractivity contribution in [3.63, 3.8) is 0 Å². The average Bonchev–Trinajstić information content (AvgIpc) is 2.48.